The predicted molar refractivity (Wildman–Crippen MR) is 76.1 cm³/mol. The number of nitrogens with zero attached hydrogens (tertiary/aromatic N) is 2. The topological polar surface area (TPSA) is 46.4 Å². The van der Waals surface area contributed by atoms with Crippen molar-refractivity contribution in [2.75, 3.05) is 6.54 Å². The van der Waals surface area contributed by atoms with Gasteiger partial charge in [-0.1, -0.05) is 19.9 Å². The molecule has 4 nitrogen and oxygen atoms in total. The first kappa shape index (κ1) is 13.6. The molecule has 19 heavy (non-hydrogen) atoms. The summed E-state index contributed by atoms with van der Waals surface area (Å²) in [6.45, 7) is 6.80. The van der Waals surface area contributed by atoms with E-state index in [1.54, 1.807) is 0 Å². The van der Waals surface area contributed by atoms with Crippen LogP contribution in [0.25, 0.3) is 5.65 Å². The van der Waals surface area contributed by atoms with Crippen molar-refractivity contribution < 1.29 is 4.79 Å². The van der Waals surface area contributed by atoms with Gasteiger partial charge in [0.1, 0.15) is 5.65 Å². The van der Waals surface area contributed by atoms with Crippen molar-refractivity contribution in [1.29, 1.82) is 0 Å². The van der Waals surface area contributed by atoms with Crippen LogP contribution in [0.2, 0.25) is 0 Å². The van der Waals surface area contributed by atoms with Gasteiger partial charge in [-0.25, -0.2) is 4.98 Å². The average molecular weight is 259 g/mol. The highest BCUT2D eigenvalue weighted by Crippen LogP contribution is 2.07. The van der Waals surface area contributed by atoms with E-state index in [1.165, 1.54) is 5.56 Å². The van der Waals surface area contributed by atoms with Crippen LogP contribution >= 0.6 is 0 Å². The molecule has 0 aliphatic rings. The van der Waals surface area contributed by atoms with Gasteiger partial charge >= 0.3 is 0 Å². The van der Waals surface area contributed by atoms with Crippen molar-refractivity contribution in [2.24, 2.45) is 5.92 Å². The third kappa shape index (κ3) is 3.81. The Morgan fingerprint density at radius 2 is 2.16 bits per heavy atom. The maximum atomic E-state index is 11.5. The van der Waals surface area contributed by atoms with Gasteiger partial charge in [0.2, 0.25) is 5.91 Å². The van der Waals surface area contributed by atoms with Crippen LogP contribution in [0.5, 0.6) is 0 Å². The highest BCUT2D eigenvalue weighted by Gasteiger charge is 2.05. The highest BCUT2D eigenvalue weighted by atomic mass is 16.1. The van der Waals surface area contributed by atoms with E-state index in [4.69, 9.17) is 0 Å². The van der Waals surface area contributed by atoms with Gasteiger partial charge in [-0.15, -0.1) is 0 Å². The first-order valence-corrected chi connectivity index (χ1v) is 6.75. The largest absolute Gasteiger partial charge is 0.356 e. The average Bonchev–Trinajstić information content (AvgIpc) is 2.69. The lowest BCUT2D eigenvalue weighted by Crippen LogP contribution is -2.26. The number of hydrogen-bond donors (Lipinski definition) is 1. The van der Waals surface area contributed by atoms with Gasteiger partial charge < -0.3 is 9.72 Å². The van der Waals surface area contributed by atoms with Crippen LogP contribution in [-0.4, -0.2) is 21.8 Å². The molecular weight excluding hydrogens is 238 g/mol. The number of amides is 1. The molecule has 0 atom stereocenters. The van der Waals surface area contributed by atoms with E-state index in [1.807, 2.05) is 30.5 Å². The molecule has 0 unspecified atom stereocenters. The molecule has 0 saturated heterocycles. The fourth-order valence-electron chi connectivity index (χ4n) is 2.05. The van der Waals surface area contributed by atoms with E-state index in [0.717, 1.165) is 17.8 Å². The number of hydrogen-bond acceptors (Lipinski definition) is 2. The summed E-state index contributed by atoms with van der Waals surface area (Å²) in [5.74, 6) is 0.521. The minimum atomic E-state index is 0.120. The molecule has 0 aromatic carbocycles. The van der Waals surface area contributed by atoms with Gasteiger partial charge in [0.05, 0.1) is 5.69 Å². The highest BCUT2D eigenvalue weighted by molar-refractivity contribution is 5.76. The predicted octanol–water partition coefficient (Wildman–Crippen LogP) is 2.35. The number of aromatic nitrogens is 2. The molecule has 1 N–H and O–H groups in total. The summed E-state index contributed by atoms with van der Waals surface area (Å²) in [4.78, 5) is 16.0. The van der Waals surface area contributed by atoms with Crippen LogP contribution in [0.1, 0.15) is 31.5 Å². The Kier molecular flexibility index (Phi) is 4.20. The third-order valence-corrected chi connectivity index (χ3v) is 2.95. The van der Waals surface area contributed by atoms with Crippen molar-refractivity contribution in [2.45, 2.75) is 33.6 Å². The number of rotatable bonds is 5. The lowest BCUT2D eigenvalue weighted by atomic mass is 10.1. The molecule has 2 aromatic rings. The van der Waals surface area contributed by atoms with Crippen LogP contribution in [0, 0.1) is 12.8 Å². The van der Waals surface area contributed by atoms with Crippen LogP contribution in [-0.2, 0) is 11.2 Å². The molecule has 0 saturated carbocycles. The Hall–Kier alpha value is -1.84. The van der Waals surface area contributed by atoms with Gasteiger partial charge in [-0.3, -0.25) is 4.79 Å². The standard InChI is InChI=1S/C15H21N3O/c1-11(2)8-15(19)16-7-6-13-10-18-9-12(3)4-5-14(18)17-13/h4-5,9-11H,6-8H2,1-3H3,(H,16,19). The summed E-state index contributed by atoms with van der Waals surface area (Å²) in [6, 6.07) is 4.06. The molecule has 0 fully saturated rings. The van der Waals surface area contributed by atoms with Gasteiger partial charge in [0.15, 0.2) is 0 Å². The number of aryl methyl sites for hydroxylation is 1. The molecule has 1 amide bonds. The monoisotopic (exact) mass is 259 g/mol. The zero-order valence-corrected chi connectivity index (χ0v) is 11.8. The zero-order valence-electron chi connectivity index (χ0n) is 11.8. The number of fused-ring (bicyclic) bond motifs is 1. The smallest absolute Gasteiger partial charge is 0.220 e. The molecule has 0 aliphatic heterocycles. The second-order valence-electron chi connectivity index (χ2n) is 5.40. The number of nitrogens with one attached hydrogen (secondary N) is 1. The lowest BCUT2D eigenvalue weighted by molar-refractivity contribution is -0.121. The normalized spacial score (nSPS) is 11.2. The minimum Gasteiger partial charge on any atom is -0.356 e. The molecule has 2 rings (SSSR count). The van der Waals surface area contributed by atoms with Crippen molar-refractivity contribution >= 4 is 11.6 Å². The van der Waals surface area contributed by atoms with E-state index in [0.29, 0.717) is 18.9 Å². The SMILES string of the molecule is Cc1ccc2nc(CCNC(=O)CC(C)C)cn2c1. The van der Waals surface area contributed by atoms with Crippen molar-refractivity contribution in [1.82, 2.24) is 14.7 Å². The summed E-state index contributed by atoms with van der Waals surface area (Å²) >= 11 is 0. The summed E-state index contributed by atoms with van der Waals surface area (Å²) < 4.78 is 2.03. The third-order valence-electron chi connectivity index (χ3n) is 2.95. The Morgan fingerprint density at radius 3 is 2.89 bits per heavy atom. The van der Waals surface area contributed by atoms with E-state index >= 15 is 0 Å². The van der Waals surface area contributed by atoms with Crippen LogP contribution in [0.3, 0.4) is 0 Å². The van der Waals surface area contributed by atoms with Gasteiger partial charge in [-0.2, -0.15) is 0 Å². The lowest BCUT2D eigenvalue weighted by Gasteiger charge is -2.05. The second kappa shape index (κ2) is 5.87. The number of carbonyl (C=O) groups excluding carboxylic acids is 1. The molecule has 0 bridgehead atoms. The quantitative estimate of drug-likeness (QED) is 0.896. The summed E-state index contributed by atoms with van der Waals surface area (Å²) in [6.07, 6.45) is 5.44. The number of imidazole rings is 1. The molecule has 0 aliphatic carbocycles. The van der Waals surface area contributed by atoms with Gasteiger partial charge in [0.25, 0.3) is 0 Å². The van der Waals surface area contributed by atoms with Gasteiger partial charge in [-0.05, 0) is 24.5 Å². The van der Waals surface area contributed by atoms with E-state index in [2.05, 4.69) is 29.5 Å². The molecular formula is C15H21N3O. The molecule has 102 valence electrons. The minimum absolute atomic E-state index is 0.120. The van der Waals surface area contributed by atoms with Crippen molar-refractivity contribution in [3.05, 3.63) is 35.8 Å². The maximum absolute atomic E-state index is 11.5. The summed E-state index contributed by atoms with van der Waals surface area (Å²) in [7, 11) is 0. The van der Waals surface area contributed by atoms with E-state index in [9.17, 15) is 4.79 Å². The molecule has 0 radical (unpaired) electrons. The maximum Gasteiger partial charge on any atom is 0.220 e. The summed E-state index contributed by atoms with van der Waals surface area (Å²) in [5.41, 5.74) is 3.17. The molecule has 4 heteroatoms. The Morgan fingerprint density at radius 1 is 1.37 bits per heavy atom. The van der Waals surface area contributed by atoms with Crippen LogP contribution in [0.4, 0.5) is 0 Å². The Bertz CT molecular complexity index is 572. The molecule has 2 aromatic heterocycles. The number of pyridine rings is 1. The Labute approximate surface area is 113 Å². The first-order valence-electron chi connectivity index (χ1n) is 6.75. The fourth-order valence-corrected chi connectivity index (χ4v) is 2.05. The van der Waals surface area contributed by atoms with Crippen molar-refractivity contribution in [3.63, 3.8) is 0 Å². The van der Waals surface area contributed by atoms with E-state index < -0.39 is 0 Å². The second-order valence-corrected chi connectivity index (χ2v) is 5.40. The van der Waals surface area contributed by atoms with E-state index in [-0.39, 0.29) is 5.91 Å². The summed E-state index contributed by atoms with van der Waals surface area (Å²) in [5, 5.41) is 2.93. The zero-order chi connectivity index (χ0) is 13.8. The first-order chi connectivity index (χ1) is 9.04. The molecule has 2 heterocycles. The fraction of sp³-hybridized carbons (Fsp3) is 0.467. The Balaban J connectivity index is 1.89. The van der Waals surface area contributed by atoms with Gasteiger partial charge in [0, 0.05) is 31.8 Å². The van der Waals surface area contributed by atoms with Crippen molar-refractivity contribution in [3.8, 4) is 0 Å². The van der Waals surface area contributed by atoms with Crippen LogP contribution < -0.4 is 5.32 Å². The van der Waals surface area contributed by atoms with Crippen LogP contribution in [0.15, 0.2) is 24.5 Å². The molecule has 0 spiro atoms. The number of carbonyl (C=O) groups is 1.